The van der Waals surface area contributed by atoms with Crippen LogP contribution in [-0.2, 0) is 0 Å². The van der Waals surface area contributed by atoms with Gasteiger partial charge in [-0.05, 0) is 29.6 Å². The number of aromatic nitrogens is 3. The number of benzene rings is 1. The molecule has 0 radical (unpaired) electrons. The second-order valence-electron chi connectivity index (χ2n) is 3.94. The molecule has 0 bridgehead atoms. The highest BCUT2D eigenvalue weighted by molar-refractivity contribution is 7.13. The largest absolute Gasteiger partial charge is 0.497 e. The first kappa shape index (κ1) is 11.7. The molecule has 6 heteroatoms. The normalized spacial score (nSPS) is 10.6. The maximum absolute atomic E-state index is 5.96. The molecule has 5 nitrogen and oxygen atoms in total. The fourth-order valence-electron chi connectivity index (χ4n) is 1.76. The Morgan fingerprint density at radius 1 is 1.32 bits per heavy atom. The lowest BCUT2D eigenvalue weighted by molar-refractivity contribution is 0.415. The molecule has 2 heterocycles. The van der Waals surface area contributed by atoms with Crippen LogP contribution in [0.15, 0.2) is 35.7 Å². The van der Waals surface area contributed by atoms with Crippen molar-refractivity contribution in [3.63, 3.8) is 0 Å². The van der Waals surface area contributed by atoms with Gasteiger partial charge in [0.15, 0.2) is 11.6 Å². The first-order valence-corrected chi connectivity index (χ1v) is 6.56. The molecule has 0 saturated heterocycles. The van der Waals surface area contributed by atoms with Crippen molar-refractivity contribution in [2.24, 2.45) is 0 Å². The molecule has 3 N–H and O–H groups in total. The minimum Gasteiger partial charge on any atom is -0.497 e. The first-order chi connectivity index (χ1) is 9.28. The van der Waals surface area contributed by atoms with Crippen molar-refractivity contribution in [3.05, 3.63) is 35.7 Å². The molecule has 3 aromatic rings. The van der Waals surface area contributed by atoms with Crippen LogP contribution in [0.4, 0.5) is 5.69 Å². The molecule has 0 aliphatic carbocycles. The van der Waals surface area contributed by atoms with Crippen LogP contribution >= 0.6 is 11.3 Å². The topological polar surface area (TPSA) is 76.8 Å². The smallest absolute Gasteiger partial charge is 0.183 e. The number of thiophene rings is 1. The van der Waals surface area contributed by atoms with Gasteiger partial charge in [0.05, 0.1) is 12.0 Å². The third-order valence-electron chi connectivity index (χ3n) is 2.74. The van der Waals surface area contributed by atoms with Gasteiger partial charge in [-0.1, -0.05) is 6.07 Å². The van der Waals surface area contributed by atoms with E-state index in [0.717, 1.165) is 22.0 Å². The highest BCUT2D eigenvalue weighted by Gasteiger charge is 2.11. The summed E-state index contributed by atoms with van der Waals surface area (Å²) in [5.74, 6) is 2.04. The molecule has 0 amide bonds. The van der Waals surface area contributed by atoms with Crippen molar-refractivity contribution in [2.45, 2.75) is 0 Å². The molecular formula is C13H12N4OS. The molecule has 0 atom stereocenters. The Balaban J connectivity index is 2.03. The Morgan fingerprint density at radius 3 is 2.95 bits per heavy atom. The molecule has 0 unspecified atom stereocenters. The van der Waals surface area contributed by atoms with Crippen molar-refractivity contribution < 1.29 is 4.74 Å². The van der Waals surface area contributed by atoms with E-state index in [0.29, 0.717) is 11.5 Å². The quantitative estimate of drug-likeness (QED) is 0.719. The number of nitrogens with one attached hydrogen (secondary N) is 1. The van der Waals surface area contributed by atoms with Gasteiger partial charge in [0.25, 0.3) is 0 Å². The number of nitrogens with zero attached hydrogens (tertiary/aromatic N) is 2. The predicted molar refractivity (Wildman–Crippen MR) is 76.1 cm³/mol. The van der Waals surface area contributed by atoms with Crippen LogP contribution in [0.3, 0.4) is 0 Å². The van der Waals surface area contributed by atoms with Crippen LogP contribution in [-0.4, -0.2) is 22.3 Å². The minimum absolute atomic E-state index is 0.569. The Kier molecular flexibility index (Phi) is 2.92. The summed E-state index contributed by atoms with van der Waals surface area (Å²) in [5.41, 5.74) is 7.34. The zero-order chi connectivity index (χ0) is 13.2. The number of ether oxygens (including phenoxy) is 1. The van der Waals surface area contributed by atoms with E-state index in [1.165, 1.54) is 0 Å². The van der Waals surface area contributed by atoms with E-state index in [1.807, 2.05) is 29.6 Å². The lowest BCUT2D eigenvalue weighted by Gasteiger charge is -2.04. The van der Waals surface area contributed by atoms with E-state index in [1.54, 1.807) is 24.5 Å². The van der Waals surface area contributed by atoms with Crippen molar-refractivity contribution in [1.82, 2.24) is 15.2 Å². The average Bonchev–Trinajstić information content (AvgIpc) is 3.10. The lowest BCUT2D eigenvalue weighted by atomic mass is 10.1. The lowest BCUT2D eigenvalue weighted by Crippen LogP contribution is -1.93. The third-order valence-corrected chi connectivity index (χ3v) is 3.62. The van der Waals surface area contributed by atoms with Gasteiger partial charge in [0.2, 0.25) is 0 Å². The van der Waals surface area contributed by atoms with Gasteiger partial charge in [-0.2, -0.15) is 5.10 Å². The highest BCUT2D eigenvalue weighted by Crippen LogP contribution is 2.29. The molecule has 19 heavy (non-hydrogen) atoms. The number of nitrogens with two attached hydrogens (primary N) is 1. The number of methoxy groups -OCH3 is 1. The minimum atomic E-state index is 0.569. The number of anilines is 1. The number of hydrogen-bond donors (Lipinski definition) is 2. The molecular weight excluding hydrogens is 260 g/mol. The molecule has 0 aliphatic rings. The van der Waals surface area contributed by atoms with Crippen molar-refractivity contribution >= 4 is 17.0 Å². The molecule has 0 fully saturated rings. The van der Waals surface area contributed by atoms with E-state index < -0.39 is 0 Å². The summed E-state index contributed by atoms with van der Waals surface area (Å²) in [6.45, 7) is 0. The number of aromatic amines is 1. The standard InChI is InChI=1S/C13H12N4OS/c1-18-8-4-5-10(14)9(7-8)12-15-13(17-16-12)11-3-2-6-19-11/h2-7H,14H2,1H3,(H,15,16,17). The van der Waals surface area contributed by atoms with Crippen molar-refractivity contribution in [3.8, 4) is 27.8 Å². The summed E-state index contributed by atoms with van der Waals surface area (Å²) in [6.07, 6.45) is 0. The molecule has 3 rings (SSSR count). The van der Waals surface area contributed by atoms with Crippen LogP contribution in [0.5, 0.6) is 5.75 Å². The summed E-state index contributed by atoms with van der Waals surface area (Å²) in [4.78, 5) is 5.51. The molecule has 0 spiro atoms. The Morgan fingerprint density at radius 2 is 2.21 bits per heavy atom. The van der Waals surface area contributed by atoms with Crippen LogP contribution < -0.4 is 10.5 Å². The Hall–Kier alpha value is -2.34. The van der Waals surface area contributed by atoms with Gasteiger partial charge in [-0.15, -0.1) is 11.3 Å². The van der Waals surface area contributed by atoms with E-state index >= 15 is 0 Å². The molecule has 0 aliphatic heterocycles. The zero-order valence-corrected chi connectivity index (χ0v) is 11.1. The van der Waals surface area contributed by atoms with E-state index in [9.17, 15) is 0 Å². The first-order valence-electron chi connectivity index (χ1n) is 5.68. The molecule has 0 saturated carbocycles. The molecule has 2 aromatic heterocycles. The van der Waals surface area contributed by atoms with Gasteiger partial charge >= 0.3 is 0 Å². The molecule has 1 aromatic carbocycles. The summed E-state index contributed by atoms with van der Waals surface area (Å²) in [5, 5.41) is 9.14. The fraction of sp³-hybridized carbons (Fsp3) is 0.0769. The fourth-order valence-corrected chi connectivity index (χ4v) is 2.43. The van der Waals surface area contributed by atoms with E-state index in [-0.39, 0.29) is 0 Å². The van der Waals surface area contributed by atoms with E-state index in [4.69, 9.17) is 10.5 Å². The number of hydrogen-bond acceptors (Lipinski definition) is 5. The van der Waals surface area contributed by atoms with Crippen molar-refractivity contribution in [2.75, 3.05) is 12.8 Å². The van der Waals surface area contributed by atoms with Crippen LogP contribution in [0.1, 0.15) is 0 Å². The van der Waals surface area contributed by atoms with Crippen LogP contribution in [0, 0.1) is 0 Å². The summed E-state index contributed by atoms with van der Waals surface area (Å²) >= 11 is 1.61. The SMILES string of the molecule is COc1ccc(N)c(-c2n[nH]c(-c3cccs3)n2)c1. The van der Waals surface area contributed by atoms with Gasteiger partial charge in [-0.25, -0.2) is 4.98 Å². The summed E-state index contributed by atoms with van der Waals surface area (Å²) in [6, 6.07) is 9.39. The van der Waals surface area contributed by atoms with Gasteiger partial charge in [-0.3, -0.25) is 5.10 Å². The Labute approximate surface area is 114 Å². The van der Waals surface area contributed by atoms with Crippen LogP contribution in [0.25, 0.3) is 22.1 Å². The molecule has 96 valence electrons. The highest BCUT2D eigenvalue weighted by atomic mass is 32.1. The number of rotatable bonds is 3. The maximum Gasteiger partial charge on any atom is 0.183 e. The number of nitrogen functional groups attached to an aromatic ring is 1. The monoisotopic (exact) mass is 272 g/mol. The predicted octanol–water partition coefficient (Wildman–Crippen LogP) is 2.79. The maximum atomic E-state index is 5.96. The Bertz CT molecular complexity index is 690. The van der Waals surface area contributed by atoms with E-state index in [2.05, 4.69) is 15.2 Å². The second kappa shape index (κ2) is 4.74. The second-order valence-corrected chi connectivity index (χ2v) is 4.89. The van der Waals surface area contributed by atoms with Crippen molar-refractivity contribution in [1.29, 1.82) is 0 Å². The summed E-state index contributed by atoms with van der Waals surface area (Å²) < 4.78 is 5.19. The summed E-state index contributed by atoms with van der Waals surface area (Å²) in [7, 11) is 1.62. The zero-order valence-electron chi connectivity index (χ0n) is 10.3. The van der Waals surface area contributed by atoms with Gasteiger partial charge < -0.3 is 10.5 Å². The van der Waals surface area contributed by atoms with Gasteiger partial charge in [0, 0.05) is 11.3 Å². The van der Waals surface area contributed by atoms with Crippen LogP contribution in [0.2, 0.25) is 0 Å². The van der Waals surface area contributed by atoms with Gasteiger partial charge in [0.1, 0.15) is 5.75 Å². The number of H-pyrrole nitrogens is 1. The third kappa shape index (κ3) is 2.17. The average molecular weight is 272 g/mol.